The van der Waals surface area contributed by atoms with Gasteiger partial charge in [-0.1, -0.05) is 151 Å². The highest BCUT2D eigenvalue weighted by molar-refractivity contribution is 6.16. The van der Waals surface area contributed by atoms with Crippen LogP contribution in [0.4, 0.5) is 26.3 Å². The molecule has 0 amide bonds. The molecule has 5 nitrogen and oxygen atoms in total. The van der Waals surface area contributed by atoms with Crippen LogP contribution in [0.25, 0.3) is 123 Å². The van der Waals surface area contributed by atoms with Gasteiger partial charge in [0.05, 0.1) is 38.9 Å². The summed E-state index contributed by atoms with van der Waals surface area (Å²) in [6.07, 6.45) is -9.18. The van der Waals surface area contributed by atoms with Crippen LogP contribution in [-0.2, 0) is 12.4 Å². The zero-order valence-electron chi connectivity index (χ0n) is 41.9. The molecule has 78 heavy (non-hydrogen) atoms. The molecule has 378 valence electrons. The Kier molecular flexibility index (Phi) is 11.5. The second kappa shape index (κ2) is 18.6. The topological polar surface area (TPSA) is 48.5 Å². The monoisotopic (exact) mass is 1030 g/mol. The van der Waals surface area contributed by atoms with Gasteiger partial charge in [0.1, 0.15) is 0 Å². The van der Waals surface area contributed by atoms with Gasteiger partial charge in [-0.3, -0.25) is 0 Å². The van der Waals surface area contributed by atoms with Crippen molar-refractivity contribution in [3.05, 3.63) is 247 Å². The van der Waals surface area contributed by atoms with E-state index in [-0.39, 0.29) is 5.56 Å². The van der Waals surface area contributed by atoms with Gasteiger partial charge in [0.2, 0.25) is 0 Å². The van der Waals surface area contributed by atoms with Crippen LogP contribution in [0.15, 0.2) is 224 Å². The number of benzene rings is 10. The molecular weight excluding hydrogens is 989 g/mol. The van der Waals surface area contributed by atoms with E-state index in [1.54, 1.807) is 32.0 Å². The third-order valence-corrected chi connectivity index (χ3v) is 14.6. The summed E-state index contributed by atoms with van der Waals surface area (Å²) in [7, 11) is 0. The average Bonchev–Trinajstić information content (AvgIpc) is 4.12. The van der Waals surface area contributed by atoms with Crippen molar-refractivity contribution >= 4 is 43.6 Å². The lowest BCUT2D eigenvalue weighted by molar-refractivity contribution is -0.138. The molecule has 11 heteroatoms. The molecule has 13 rings (SSSR count). The second-order valence-corrected chi connectivity index (χ2v) is 19.5. The third kappa shape index (κ3) is 8.35. The highest BCUT2D eigenvalue weighted by Crippen LogP contribution is 2.46. The predicted molar refractivity (Wildman–Crippen MR) is 301 cm³/mol. The van der Waals surface area contributed by atoms with E-state index >= 15 is 0 Å². The van der Waals surface area contributed by atoms with Crippen LogP contribution < -0.4 is 0 Å². The molecule has 0 bridgehead atoms. The molecule has 3 heterocycles. The van der Waals surface area contributed by atoms with Gasteiger partial charge in [0.25, 0.3) is 0 Å². The first-order valence-corrected chi connectivity index (χ1v) is 25.3. The average molecular weight is 1030 g/mol. The lowest BCUT2D eigenvalue weighted by atomic mass is 9.95. The Balaban J connectivity index is 1.12. The predicted octanol–water partition coefficient (Wildman–Crippen LogP) is 18.7. The number of nitrogens with zero attached hydrogens (tertiary/aromatic N) is 5. The molecule has 10 aromatic carbocycles. The summed E-state index contributed by atoms with van der Waals surface area (Å²) in [5.74, 6) is 1.27. The standard InChI is InChI=1S/C67H43F6N5/c1-40-25-30-50(56(35-40)67(71,72)73)45-27-33-59-54(38-45)53-37-44(49-31-29-47(36-41(49)2)66(68,69)70)26-32-58(53)78(59)60-34-28-46(51-22-14-24-61-62(51)52-21-12-13-23-57(52)77(61)48-19-10-5-11-20-48)39-55(60)65-75-63(42-15-6-3-7-16-42)74-64(76-65)43-17-8-4-9-18-43/h3-39H,1-2H3. The number of aromatic nitrogens is 5. The zero-order chi connectivity index (χ0) is 53.5. The van der Waals surface area contributed by atoms with E-state index in [9.17, 15) is 26.3 Å². The minimum atomic E-state index is -4.64. The van der Waals surface area contributed by atoms with Crippen LogP contribution in [0.2, 0.25) is 0 Å². The van der Waals surface area contributed by atoms with E-state index in [1.807, 2.05) is 121 Å². The first-order valence-electron chi connectivity index (χ1n) is 25.3. The fraction of sp³-hybridized carbons (Fsp3) is 0.0597. The van der Waals surface area contributed by atoms with E-state index < -0.39 is 23.5 Å². The minimum Gasteiger partial charge on any atom is -0.309 e. The van der Waals surface area contributed by atoms with Crippen molar-refractivity contribution in [2.75, 3.05) is 0 Å². The van der Waals surface area contributed by atoms with Crippen LogP contribution in [0.1, 0.15) is 22.3 Å². The van der Waals surface area contributed by atoms with Crippen LogP contribution in [0.3, 0.4) is 0 Å². The zero-order valence-corrected chi connectivity index (χ0v) is 41.9. The first-order chi connectivity index (χ1) is 37.8. The smallest absolute Gasteiger partial charge is 0.309 e. The number of hydrogen-bond acceptors (Lipinski definition) is 3. The highest BCUT2D eigenvalue weighted by Gasteiger charge is 2.34. The van der Waals surface area contributed by atoms with Crippen LogP contribution in [0.5, 0.6) is 0 Å². The van der Waals surface area contributed by atoms with Gasteiger partial charge < -0.3 is 9.13 Å². The van der Waals surface area contributed by atoms with E-state index in [0.29, 0.717) is 78.3 Å². The molecule has 0 aliphatic heterocycles. The molecule has 0 N–H and O–H groups in total. The Bertz CT molecular complexity index is 4430. The van der Waals surface area contributed by atoms with Gasteiger partial charge in [0, 0.05) is 43.9 Å². The maximum atomic E-state index is 14.9. The summed E-state index contributed by atoms with van der Waals surface area (Å²) in [5, 5.41) is 3.41. The Labute approximate surface area is 444 Å². The maximum absolute atomic E-state index is 14.9. The number of para-hydroxylation sites is 2. The van der Waals surface area contributed by atoms with Crippen molar-refractivity contribution in [2.24, 2.45) is 0 Å². The maximum Gasteiger partial charge on any atom is 0.417 e. The largest absolute Gasteiger partial charge is 0.417 e. The Morgan fingerprint density at radius 2 is 0.885 bits per heavy atom. The molecule has 0 saturated heterocycles. The van der Waals surface area contributed by atoms with Gasteiger partial charge in [-0.05, 0) is 132 Å². The van der Waals surface area contributed by atoms with E-state index in [4.69, 9.17) is 15.0 Å². The number of alkyl halides is 6. The number of halogens is 6. The Morgan fingerprint density at radius 1 is 0.346 bits per heavy atom. The Hall–Kier alpha value is -9.61. The van der Waals surface area contributed by atoms with E-state index in [1.165, 1.54) is 12.1 Å². The van der Waals surface area contributed by atoms with E-state index in [2.05, 4.69) is 63.7 Å². The molecule has 0 aliphatic carbocycles. The van der Waals surface area contributed by atoms with Crippen LogP contribution in [0, 0.1) is 13.8 Å². The minimum absolute atomic E-state index is 0.0190. The molecule has 0 fully saturated rings. The van der Waals surface area contributed by atoms with Crippen molar-refractivity contribution in [2.45, 2.75) is 26.2 Å². The third-order valence-electron chi connectivity index (χ3n) is 14.6. The molecular formula is C67H43F6N5. The molecule has 0 atom stereocenters. The molecule has 0 spiro atoms. The van der Waals surface area contributed by atoms with Crippen LogP contribution >= 0.6 is 0 Å². The van der Waals surface area contributed by atoms with Crippen molar-refractivity contribution < 1.29 is 26.3 Å². The van der Waals surface area contributed by atoms with Crippen LogP contribution in [-0.4, -0.2) is 24.1 Å². The second-order valence-electron chi connectivity index (χ2n) is 19.5. The summed E-state index contributed by atoms with van der Waals surface area (Å²) in [6.45, 7) is 3.27. The summed E-state index contributed by atoms with van der Waals surface area (Å²) in [4.78, 5) is 15.6. The lowest BCUT2D eigenvalue weighted by Crippen LogP contribution is -2.07. The number of aryl methyl sites for hydroxylation is 2. The van der Waals surface area contributed by atoms with Crippen molar-refractivity contribution in [1.29, 1.82) is 0 Å². The molecule has 0 aliphatic rings. The summed E-state index contributed by atoms with van der Waals surface area (Å²) in [6, 6.07) is 69.6. The van der Waals surface area contributed by atoms with Crippen molar-refractivity contribution in [1.82, 2.24) is 24.1 Å². The van der Waals surface area contributed by atoms with E-state index in [0.717, 1.165) is 67.9 Å². The molecule has 13 aromatic rings. The number of fused-ring (bicyclic) bond motifs is 6. The molecule has 0 unspecified atom stereocenters. The normalized spacial score (nSPS) is 12.1. The van der Waals surface area contributed by atoms with Gasteiger partial charge in [0.15, 0.2) is 17.5 Å². The summed E-state index contributed by atoms with van der Waals surface area (Å²) < 4.78 is 90.8. The molecule has 0 saturated carbocycles. The number of hydrogen-bond donors (Lipinski definition) is 0. The summed E-state index contributed by atoms with van der Waals surface area (Å²) >= 11 is 0. The fourth-order valence-electron chi connectivity index (χ4n) is 11.0. The first kappa shape index (κ1) is 48.1. The van der Waals surface area contributed by atoms with Gasteiger partial charge in [-0.2, -0.15) is 26.3 Å². The van der Waals surface area contributed by atoms with Gasteiger partial charge in [-0.25, -0.2) is 15.0 Å². The number of rotatable bonds is 8. The lowest BCUT2D eigenvalue weighted by Gasteiger charge is -2.17. The SMILES string of the molecule is Cc1ccc(-c2ccc3c(c2)c2cc(-c4ccc(C(F)(F)F)cc4C)ccc2n3-c2ccc(-c3cccc4c3c3ccccc3n4-c3ccccc3)cc2-c2nc(-c3ccccc3)nc(-c3ccccc3)n2)c(C(F)(F)F)c1. The van der Waals surface area contributed by atoms with Gasteiger partial charge in [-0.15, -0.1) is 0 Å². The molecule has 3 aromatic heterocycles. The summed E-state index contributed by atoms with van der Waals surface area (Å²) in [5.41, 5.74) is 10.1. The quantitative estimate of drug-likeness (QED) is 0.143. The molecule has 0 radical (unpaired) electrons. The highest BCUT2D eigenvalue weighted by atomic mass is 19.4. The Morgan fingerprint density at radius 3 is 1.51 bits per heavy atom. The fourth-order valence-corrected chi connectivity index (χ4v) is 11.0. The van der Waals surface area contributed by atoms with Gasteiger partial charge >= 0.3 is 12.4 Å². The van der Waals surface area contributed by atoms with Crippen molar-refractivity contribution in [3.8, 4) is 78.9 Å². The van der Waals surface area contributed by atoms with Crippen molar-refractivity contribution in [3.63, 3.8) is 0 Å².